The number of nitrogens with one attached hydrogen (secondary N) is 1. The first-order valence-corrected chi connectivity index (χ1v) is 10.4. The summed E-state index contributed by atoms with van der Waals surface area (Å²) in [6, 6.07) is 8.86. The molecule has 0 bridgehead atoms. The molecule has 1 atom stereocenters. The zero-order valence-electron chi connectivity index (χ0n) is 16.0. The Bertz CT molecular complexity index is 988. The van der Waals surface area contributed by atoms with Crippen molar-refractivity contribution in [2.24, 2.45) is 0 Å². The number of likely N-dealkylation sites (tertiary alicyclic amines) is 1. The Hall–Kier alpha value is -3.00. The topological polar surface area (TPSA) is 86.8 Å². The van der Waals surface area contributed by atoms with Crippen LogP contribution < -0.4 is 10.2 Å². The highest BCUT2D eigenvalue weighted by atomic mass is 32.1. The van der Waals surface area contributed by atoms with E-state index in [0.717, 1.165) is 22.6 Å². The first-order chi connectivity index (χ1) is 13.9. The Labute approximate surface area is 172 Å². The average Bonchev–Trinajstić information content (AvgIpc) is 3.41. The minimum Gasteiger partial charge on any atom is -0.324 e. The molecule has 0 aliphatic carbocycles. The van der Waals surface area contributed by atoms with Crippen LogP contribution in [0.25, 0.3) is 0 Å². The quantitative estimate of drug-likeness (QED) is 0.766. The highest BCUT2D eigenvalue weighted by molar-refractivity contribution is 7.08. The van der Waals surface area contributed by atoms with Crippen molar-refractivity contribution >= 4 is 46.3 Å². The molecule has 2 aliphatic rings. The number of anilines is 2. The third-order valence-corrected chi connectivity index (χ3v) is 6.18. The summed E-state index contributed by atoms with van der Waals surface area (Å²) in [6.45, 7) is 2.07. The first-order valence-electron chi connectivity index (χ1n) is 9.46. The van der Waals surface area contributed by atoms with E-state index >= 15 is 0 Å². The molecule has 0 saturated carbocycles. The molecule has 150 valence electrons. The summed E-state index contributed by atoms with van der Waals surface area (Å²) in [4.78, 5) is 52.5. The van der Waals surface area contributed by atoms with E-state index < -0.39 is 11.3 Å². The predicted molar refractivity (Wildman–Crippen MR) is 110 cm³/mol. The summed E-state index contributed by atoms with van der Waals surface area (Å²) in [6.07, 6.45) is 1.40. The molecular weight excluding hydrogens is 390 g/mol. The molecule has 4 amide bonds. The van der Waals surface area contributed by atoms with E-state index in [1.54, 1.807) is 30.0 Å². The highest BCUT2D eigenvalue weighted by Gasteiger charge is 2.49. The van der Waals surface area contributed by atoms with Crippen molar-refractivity contribution in [2.75, 3.05) is 23.3 Å². The van der Waals surface area contributed by atoms with Gasteiger partial charge in [-0.05, 0) is 53.9 Å². The van der Waals surface area contributed by atoms with Crippen LogP contribution in [0.4, 0.5) is 11.4 Å². The van der Waals surface area contributed by atoms with Crippen LogP contribution in [0.15, 0.2) is 41.1 Å². The van der Waals surface area contributed by atoms with Gasteiger partial charge in [-0.1, -0.05) is 6.07 Å². The van der Waals surface area contributed by atoms with E-state index in [1.807, 2.05) is 22.9 Å². The molecule has 1 aromatic carbocycles. The van der Waals surface area contributed by atoms with E-state index in [0.29, 0.717) is 18.7 Å². The summed E-state index contributed by atoms with van der Waals surface area (Å²) < 4.78 is 0. The molecule has 0 radical (unpaired) electrons. The maximum absolute atomic E-state index is 12.9. The maximum Gasteiger partial charge on any atom is 0.244 e. The Morgan fingerprint density at radius 1 is 1.21 bits per heavy atom. The molecule has 8 heteroatoms. The van der Waals surface area contributed by atoms with Gasteiger partial charge in [-0.15, -0.1) is 0 Å². The fraction of sp³-hybridized carbons (Fsp3) is 0.333. The molecule has 4 rings (SSSR count). The predicted octanol–water partition coefficient (Wildman–Crippen LogP) is 2.53. The van der Waals surface area contributed by atoms with Gasteiger partial charge in [-0.25, -0.2) is 0 Å². The highest BCUT2D eigenvalue weighted by Crippen LogP contribution is 2.37. The van der Waals surface area contributed by atoms with E-state index in [-0.39, 0.29) is 30.7 Å². The first kappa shape index (κ1) is 19.3. The summed E-state index contributed by atoms with van der Waals surface area (Å²) in [5, 5.41) is 6.46. The minimum atomic E-state index is -0.923. The number of hydrogen-bond acceptors (Lipinski definition) is 5. The molecule has 2 fully saturated rings. The van der Waals surface area contributed by atoms with Gasteiger partial charge in [0.25, 0.3) is 0 Å². The summed E-state index contributed by atoms with van der Waals surface area (Å²) in [7, 11) is 0. The molecule has 7 nitrogen and oxygen atoms in total. The third kappa shape index (κ3) is 3.55. The summed E-state index contributed by atoms with van der Waals surface area (Å²) in [5.74, 6) is -1.09. The van der Waals surface area contributed by atoms with Gasteiger partial charge in [0.2, 0.25) is 23.6 Å². The molecule has 2 aromatic rings. The van der Waals surface area contributed by atoms with Gasteiger partial charge < -0.3 is 10.2 Å². The van der Waals surface area contributed by atoms with Crippen molar-refractivity contribution < 1.29 is 19.2 Å². The van der Waals surface area contributed by atoms with Crippen molar-refractivity contribution in [3.8, 4) is 0 Å². The Morgan fingerprint density at radius 2 is 2.03 bits per heavy atom. The third-order valence-electron chi connectivity index (χ3n) is 5.50. The van der Waals surface area contributed by atoms with Gasteiger partial charge in [-0.2, -0.15) is 11.3 Å². The van der Waals surface area contributed by atoms with Gasteiger partial charge in [0.05, 0.1) is 5.41 Å². The zero-order valence-corrected chi connectivity index (χ0v) is 16.8. The molecule has 1 N–H and O–H groups in total. The lowest BCUT2D eigenvalue weighted by molar-refractivity contribution is -0.142. The molecule has 29 heavy (non-hydrogen) atoms. The van der Waals surface area contributed by atoms with Gasteiger partial charge in [0.15, 0.2) is 0 Å². The normalized spacial score (nSPS) is 21.9. The smallest absolute Gasteiger partial charge is 0.244 e. The maximum atomic E-state index is 12.9. The number of carbonyl (C=O) groups excluding carboxylic acids is 4. The SMILES string of the molecule is C[C@]1(c2ccsc2)CC(=O)N(CC(=O)Nc2cccc(N3CCCC3=O)c2)C1=O. The van der Waals surface area contributed by atoms with Crippen LogP contribution in [-0.2, 0) is 24.6 Å². The van der Waals surface area contributed by atoms with Gasteiger partial charge >= 0.3 is 0 Å². The zero-order chi connectivity index (χ0) is 20.6. The van der Waals surface area contributed by atoms with Crippen LogP contribution in [-0.4, -0.2) is 41.6 Å². The largest absolute Gasteiger partial charge is 0.324 e. The lowest BCUT2D eigenvalue weighted by Crippen LogP contribution is -2.41. The second kappa shape index (κ2) is 7.44. The summed E-state index contributed by atoms with van der Waals surface area (Å²) in [5.41, 5.74) is 1.12. The standard InChI is InChI=1S/C21H21N3O4S/c1-21(14-7-9-29-13-14)11-19(27)24(20(21)28)12-17(25)22-15-4-2-5-16(10-15)23-8-3-6-18(23)26/h2,4-5,7,9-10,13H,3,6,8,11-12H2,1H3,(H,22,25)/t21-/m1/s1. The van der Waals surface area contributed by atoms with Crippen molar-refractivity contribution in [1.82, 2.24) is 4.90 Å². The van der Waals surface area contributed by atoms with Crippen LogP contribution in [0, 0.1) is 0 Å². The number of carbonyl (C=O) groups is 4. The Balaban J connectivity index is 1.44. The molecule has 2 saturated heterocycles. The number of nitrogens with zero attached hydrogens (tertiary/aromatic N) is 2. The second-order valence-corrected chi connectivity index (χ2v) is 8.33. The van der Waals surface area contributed by atoms with Gasteiger partial charge in [-0.3, -0.25) is 24.1 Å². The molecular formula is C21H21N3O4S. The van der Waals surface area contributed by atoms with Crippen LogP contribution in [0.1, 0.15) is 31.7 Å². The van der Waals surface area contributed by atoms with Gasteiger partial charge in [0, 0.05) is 30.8 Å². The average molecular weight is 411 g/mol. The van der Waals surface area contributed by atoms with Crippen molar-refractivity contribution in [3.05, 3.63) is 46.7 Å². The van der Waals surface area contributed by atoms with Crippen LogP contribution in [0.3, 0.4) is 0 Å². The molecule has 1 aromatic heterocycles. The lowest BCUT2D eigenvalue weighted by Gasteiger charge is -2.21. The molecule has 2 aliphatic heterocycles. The molecule has 3 heterocycles. The van der Waals surface area contributed by atoms with E-state index in [4.69, 9.17) is 0 Å². The van der Waals surface area contributed by atoms with Crippen molar-refractivity contribution in [1.29, 1.82) is 0 Å². The number of thiophene rings is 1. The number of benzene rings is 1. The van der Waals surface area contributed by atoms with Crippen molar-refractivity contribution in [2.45, 2.75) is 31.6 Å². The molecule has 0 spiro atoms. The number of imide groups is 1. The van der Waals surface area contributed by atoms with Crippen LogP contribution in [0.2, 0.25) is 0 Å². The van der Waals surface area contributed by atoms with Crippen LogP contribution in [0.5, 0.6) is 0 Å². The number of hydrogen-bond donors (Lipinski definition) is 1. The van der Waals surface area contributed by atoms with E-state index in [2.05, 4.69) is 5.32 Å². The fourth-order valence-corrected chi connectivity index (χ4v) is 4.65. The Morgan fingerprint density at radius 3 is 2.72 bits per heavy atom. The monoisotopic (exact) mass is 411 g/mol. The van der Waals surface area contributed by atoms with Gasteiger partial charge in [0.1, 0.15) is 6.54 Å². The second-order valence-electron chi connectivity index (χ2n) is 7.55. The Kier molecular flexibility index (Phi) is 4.96. The van der Waals surface area contributed by atoms with E-state index in [9.17, 15) is 19.2 Å². The fourth-order valence-electron chi connectivity index (χ4n) is 3.87. The lowest BCUT2D eigenvalue weighted by atomic mass is 9.83. The number of amides is 4. The molecule has 0 unspecified atom stereocenters. The van der Waals surface area contributed by atoms with Crippen molar-refractivity contribution in [3.63, 3.8) is 0 Å². The number of rotatable bonds is 5. The summed E-state index contributed by atoms with van der Waals surface area (Å²) >= 11 is 1.47. The minimum absolute atomic E-state index is 0.0579. The van der Waals surface area contributed by atoms with Crippen LogP contribution >= 0.6 is 11.3 Å². The van der Waals surface area contributed by atoms with E-state index in [1.165, 1.54) is 11.3 Å².